The van der Waals surface area contributed by atoms with Gasteiger partial charge in [0, 0.05) is 24.3 Å². The van der Waals surface area contributed by atoms with Crippen molar-refractivity contribution in [1.29, 1.82) is 0 Å². The first-order chi connectivity index (χ1) is 13.4. The highest BCUT2D eigenvalue weighted by atomic mass is 32.2. The Hall–Kier alpha value is -3.60. The molecule has 0 aliphatic carbocycles. The second-order valence-corrected chi connectivity index (χ2v) is 6.92. The smallest absolute Gasteiger partial charge is 0.269 e. The fourth-order valence-corrected chi connectivity index (χ4v) is 3.39. The molecule has 3 rings (SSSR count). The molecule has 1 N–H and O–H groups in total. The van der Waals surface area contributed by atoms with Crippen LogP contribution in [0.2, 0.25) is 0 Å². The molecule has 1 unspecified atom stereocenters. The lowest BCUT2D eigenvalue weighted by Crippen LogP contribution is -2.25. The minimum absolute atomic E-state index is 0.0222. The number of carbonyl (C=O) groups is 1. The molecule has 0 aromatic heterocycles. The number of benzene rings is 2. The van der Waals surface area contributed by atoms with Crippen LogP contribution in [0, 0.1) is 20.2 Å². The zero-order valence-electron chi connectivity index (χ0n) is 14.2. The van der Waals surface area contributed by atoms with Gasteiger partial charge in [0.05, 0.1) is 21.3 Å². The van der Waals surface area contributed by atoms with E-state index in [1.807, 2.05) is 0 Å². The standard InChI is InChI=1S/C17H13N5O5S/c23-16-15(9-12-2-1-3-14(8-12)22(26)27)28-17(19-16)20-18-10-11-4-6-13(7-5-11)21(24)25/h1-8,10,15H,9H2,(H,19,20,23)/b18-10-. The van der Waals surface area contributed by atoms with Crippen LogP contribution in [0.4, 0.5) is 11.4 Å². The first-order valence-corrected chi connectivity index (χ1v) is 8.86. The molecule has 0 radical (unpaired) electrons. The summed E-state index contributed by atoms with van der Waals surface area (Å²) >= 11 is 1.19. The minimum Gasteiger partial charge on any atom is -0.303 e. The molecule has 11 heteroatoms. The largest absolute Gasteiger partial charge is 0.303 e. The van der Waals surface area contributed by atoms with Gasteiger partial charge in [-0.3, -0.25) is 25.0 Å². The van der Waals surface area contributed by atoms with Crippen molar-refractivity contribution < 1.29 is 14.6 Å². The normalized spacial score (nSPS) is 17.8. The highest BCUT2D eigenvalue weighted by molar-refractivity contribution is 8.15. The third kappa shape index (κ3) is 4.76. The molecular weight excluding hydrogens is 386 g/mol. The van der Waals surface area contributed by atoms with Crippen molar-refractivity contribution in [1.82, 2.24) is 5.32 Å². The van der Waals surface area contributed by atoms with Crippen molar-refractivity contribution in [2.75, 3.05) is 0 Å². The van der Waals surface area contributed by atoms with Crippen molar-refractivity contribution in [2.45, 2.75) is 11.7 Å². The molecular formula is C17H13N5O5S. The molecule has 1 aliphatic heterocycles. The average Bonchev–Trinajstić information content (AvgIpc) is 3.01. The summed E-state index contributed by atoms with van der Waals surface area (Å²) in [5, 5.41) is 31.7. The Morgan fingerprint density at radius 1 is 1.07 bits per heavy atom. The van der Waals surface area contributed by atoms with E-state index in [9.17, 15) is 25.0 Å². The van der Waals surface area contributed by atoms with Crippen LogP contribution in [0.3, 0.4) is 0 Å². The topological polar surface area (TPSA) is 140 Å². The Balaban J connectivity index is 1.62. The van der Waals surface area contributed by atoms with Gasteiger partial charge in [0.2, 0.25) is 5.91 Å². The summed E-state index contributed by atoms with van der Waals surface area (Å²) in [5.74, 6) is -0.249. The fourth-order valence-electron chi connectivity index (χ4n) is 2.43. The van der Waals surface area contributed by atoms with E-state index in [0.29, 0.717) is 22.7 Å². The molecule has 0 spiro atoms. The van der Waals surface area contributed by atoms with Crippen LogP contribution >= 0.6 is 11.8 Å². The van der Waals surface area contributed by atoms with Crippen LogP contribution in [0.1, 0.15) is 11.1 Å². The van der Waals surface area contributed by atoms with E-state index in [2.05, 4.69) is 15.5 Å². The molecule has 2 aromatic carbocycles. The third-order valence-corrected chi connectivity index (χ3v) is 4.85. The van der Waals surface area contributed by atoms with Crippen LogP contribution < -0.4 is 5.32 Å². The number of rotatable bonds is 6. The SMILES string of the molecule is O=C1N/C(=N\N=C/c2ccc([N+](=O)[O-])cc2)SC1Cc1cccc([N+](=O)[O-])c1. The summed E-state index contributed by atoms with van der Waals surface area (Å²) in [4.78, 5) is 32.6. The van der Waals surface area contributed by atoms with Gasteiger partial charge in [-0.2, -0.15) is 5.10 Å². The first-order valence-electron chi connectivity index (χ1n) is 7.99. The lowest BCUT2D eigenvalue weighted by Gasteiger charge is -2.04. The zero-order chi connectivity index (χ0) is 20.1. The van der Waals surface area contributed by atoms with Gasteiger partial charge in [0.25, 0.3) is 11.4 Å². The molecule has 2 aromatic rings. The molecule has 28 heavy (non-hydrogen) atoms. The summed E-state index contributed by atoms with van der Waals surface area (Å²) in [5.41, 5.74) is 1.25. The summed E-state index contributed by atoms with van der Waals surface area (Å²) in [6.07, 6.45) is 1.74. The Kier molecular flexibility index (Phi) is 5.75. The number of non-ortho nitro benzene ring substituents is 2. The van der Waals surface area contributed by atoms with E-state index < -0.39 is 15.1 Å². The number of amidine groups is 1. The number of nitro benzene ring substituents is 2. The van der Waals surface area contributed by atoms with Crippen LogP contribution in [0.25, 0.3) is 0 Å². The second kappa shape index (κ2) is 8.39. The number of hydrogen-bond acceptors (Lipinski definition) is 8. The predicted octanol–water partition coefficient (Wildman–Crippen LogP) is 2.67. The third-order valence-electron chi connectivity index (χ3n) is 3.78. The maximum absolute atomic E-state index is 12.1. The van der Waals surface area contributed by atoms with Crippen molar-refractivity contribution in [3.8, 4) is 0 Å². The van der Waals surface area contributed by atoms with E-state index in [1.165, 1.54) is 54.4 Å². The summed E-state index contributed by atoms with van der Waals surface area (Å²) < 4.78 is 0. The number of thioether (sulfide) groups is 1. The van der Waals surface area contributed by atoms with Crippen molar-refractivity contribution in [3.63, 3.8) is 0 Å². The van der Waals surface area contributed by atoms with Gasteiger partial charge in [-0.15, -0.1) is 5.10 Å². The molecule has 1 heterocycles. The van der Waals surface area contributed by atoms with Gasteiger partial charge >= 0.3 is 0 Å². The van der Waals surface area contributed by atoms with E-state index in [-0.39, 0.29) is 17.3 Å². The lowest BCUT2D eigenvalue weighted by atomic mass is 10.1. The summed E-state index contributed by atoms with van der Waals surface area (Å²) in [6, 6.07) is 11.9. The number of hydrogen-bond donors (Lipinski definition) is 1. The Labute approximate surface area is 162 Å². The predicted molar refractivity (Wildman–Crippen MR) is 104 cm³/mol. The lowest BCUT2D eigenvalue weighted by molar-refractivity contribution is -0.385. The first kappa shape index (κ1) is 19.2. The maximum Gasteiger partial charge on any atom is 0.269 e. The molecule has 1 aliphatic rings. The van der Waals surface area contributed by atoms with Crippen molar-refractivity contribution >= 4 is 40.4 Å². The van der Waals surface area contributed by atoms with E-state index in [1.54, 1.807) is 12.1 Å². The van der Waals surface area contributed by atoms with Crippen LogP contribution in [-0.2, 0) is 11.2 Å². The minimum atomic E-state index is -0.493. The molecule has 1 saturated heterocycles. The fraction of sp³-hybridized carbons (Fsp3) is 0.118. The van der Waals surface area contributed by atoms with Crippen LogP contribution in [0.5, 0.6) is 0 Å². The number of amides is 1. The summed E-state index contributed by atoms with van der Waals surface area (Å²) in [7, 11) is 0. The van der Waals surface area contributed by atoms with Gasteiger partial charge in [0.15, 0.2) is 5.17 Å². The number of nitrogens with one attached hydrogen (secondary N) is 1. The highest BCUT2D eigenvalue weighted by Crippen LogP contribution is 2.25. The highest BCUT2D eigenvalue weighted by Gasteiger charge is 2.30. The Bertz CT molecular complexity index is 990. The number of carbonyl (C=O) groups excluding carboxylic acids is 1. The van der Waals surface area contributed by atoms with E-state index in [0.717, 1.165) is 0 Å². The Morgan fingerprint density at radius 2 is 1.79 bits per heavy atom. The monoisotopic (exact) mass is 399 g/mol. The molecule has 142 valence electrons. The van der Waals surface area contributed by atoms with Crippen molar-refractivity contribution in [2.24, 2.45) is 10.2 Å². The van der Waals surface area contributed by atoms with Gasteiger partial charge < -0.3 is 5.32 Å². The van der Waals surface area contributed by atoms with Gasteiger partial charge in [-0.25, -0.2) is 0 Å². The molecule has 0 saturated carbocycles. The van der Waals surface area contributed by atoms with Gasteiger partial charge in [-0.05, 0) is 29.7 Å². The quantitative estimate of drug-likeness (QED) is 0.450. The van der Waals surface area contributed by atoms with E-state index >= 15 is 0 Å². The number of nitrogens with zero attached hydrogens (tertiary/aromatic N) is 4. The molecule has 1 fully saturated rings. The average molecular weight is 399 g/mol. The summed E-state index contributed by atoms with van der Waals surface area (Å²) in [6.45, 7) is 0. The number of nitro groups is 2. The van der Waals surface area contributed by atoms with E-state index in [4.69, 9.17) is 0 Å². The van der Waals surface area contributed by atoms with Gasteiger partial charge in [0.1, 0.15) is 0 Å². The molecule has 0 bridgehead atoms. The van der Waals surface area contributed by atoms with Crippen molar-refractivity contribution in [3.05, 3.63) is 79.9 Å². The van der Waals surface area contributed by atoms with Gasteiger partial charge in [-0.1, -0.05) is 23.9 Å². The van der Waals surface area contributed by atoms with Crippen LogP contribution in [-0.4, -0.2) is 32.4 Å². The molecule has 1 amide bonds. The van der Waals surface area contributed by atoms with Crippen LogP contribution in [0.15, 0.2) is 58.7 Å². The Morgan fingerprint density at radius 3 is 2.46 bits per heavy atom. The maximum atomic E-state index is 12.1. The molecule has 1 atom stereocenters. The second-order valence-electron chi connectivity index (χ2n) is 5.73. The zero-order valence-corrected chi connectivity index (χ0v) is 15.0. The molecule has 10 nitrogen and oxygen atoms in total.